The quantitative estimate of drug-likeness (QED) is 0.819. The summed E-state index contributed by atoms with van der Waals surface area (Å²) in [5.74, 6) is 0. The first-order chi connectivity index (χ1) is 10.3. The predicted octanol–water partition coefficient (Wildman–Crippen LogP) is 0.495. The molecule has 2 aliphatic rings. The van der Waals surface area contributed by atoms with E-state index in [4.69, 9.17) is 0 Å². The molecule has 1 N–H and O–H groups in total. The highest BCUT2D eigenvalue weighted by molar-refractivity contribution is 5.66. The highest BCUT2D eigenvalue weighted by Gasteiger charge is 2.46. The number of carbonyl (C=O) groups excluding carboxylic acids is 1. The minimum atomic E-state index is -0.668. The Morgan fingerprint density at radius 2 is 1.76 bits per heavy atom. The van der Waals surface area contributed by atoms with Gasteiger partial charge in [-0.05, 0) is 26.0 Å². The molecule has 0 amide bonds. The largest absolute Gasteiger partial charge is 0.304 e. The van der Waals surface area contributed by atoms with Crippen molar-refractivity contribution in [2.75, 3.05) is 46.3 Å². The Hall–Kier alpha value is -1.24. The van der Waals surface area contributed by atoms with E-state index >= 15 is 0 Å². The number of piperazine rings is 1. The van der Waals surface area contributed by atoms with E-state index in [2.05, 4.69) is 31.9 Å². The van der Waals surface area contributed by atoms with Gasteiger partial charge in [0.1, 0.15) is 0 Å². The molecule has 3 rings (SSSR count). The highest BCUT2D eigenvalue weighted by Crippen LogP contribution is 2.32. The zero-order chi connectivity index (χ0) is 14.7. The number of H-pyrrole nitrogens is 1. The van der Waals surface area contributed by atoms with Crippen LogP contribution in [0.4, 0.5) is 0 Å². The first-order valence-corrected chi connectivity index (χ1v) is 7.92. The molecule has 0 aliphatic carbocycles. The van der Waals surface area contributed by atoms with Crippen LogP contribution in [0.25, 0.3) is 0 Å². The van der Waals surface area contributed by atoms with E-state index in [1.807, 2.05) is 6.07 Å². The lowest BCUT2D eigenvalue weighted by Crippen LogP contribution is -2.64. The van der Waals surface area contributed by atoms with Crippen molar-refractivity contribution in [2.24, 2.45) is 0 Å². The molecule has 6 nitrogen and oxygen atoms in total. The van der Waals surface area contributed by atoms with E-state index in [0.29, 0.717) is 0 Å². The van der Waals surface area contributed by atoms with E-state index in [-0.39, 0.29) is 0 Å². The average Bonchev–Trinajstić information content (AvgIpc) is 3.06. The van der Waals surface area contributed by atoms with Crippen LogP contribution in [0, 0.1) is 0 Å². The van der Waals surface area contributed by atoms with Crippen LogP contribution < -0.4 is 0 Å². The van der Waals surface area contributed by atoms with Crippen molar-refractivity contribution in [1.82, 2.24) is 24.9 Å². The van der Waals surface area contributed by atoms with E-state index in [1.54, 1.807) is 6.20 Å². The Morgan fingerprint density at radius 3 is 2.33 bits per heavy atom. The summed E-state index contributed by atoms with van der Waals surface area (Å²) in [6.07, 6.45) is 6.46. The third-order valence-electron chi connectivity index (χ3n) is 4.89. The number of aromatic amines is 1. The molecule has 0 radical (unpaired) electrons. The van der Waals surface area contributed by atoms with Crippen LogP contribution in [0.2, 0.25) is 0 Å². The van der Waals surface area contributed by atoms with Crippen LogP contribution in [0.3, 0.4) is 0 Å². The maximum Gasteiger partial charge on any atom is 0.174 e. The summed E-state index contributed by atoms with van der Waals surface area (Å²) >= 11 is 0. The molecule has 21 heavy (non-hydrogen) atoms. The molecule has 1 aromatic heterocycles. The number of likely N-dealkylation sites (tertiary alicyclic amines) is 1. The maximum absolute atomic E-state index is 12.3. The summed E-state index contributed by atoms with van der Waals surface area (Å²) in [7, 11) is 2.14. The van der Waals surface area contributed by atoms with Crippen molar-refractivity contribution in [3.8, 4) is 0 Å². The second-order valence-corrected chi connectivity index (χ2v) is 6.15. The number of aldehydes is 1. The second kappa shape index (κ2) is 6.25. The Kier molecular flexibility index (Phi) is 4.37. The van der Waals surface area contributed by atoms with Gasteiger partial charge in [0.2, 0.25) is 0 Å². The number of likely N-dealkylation sites (N-methyl/N-ethyl adjacent to an activating group) is 1. The molecule has 6 heteroatoms. The normalized spacial score (nSPS) is 25.6. The summed E-state index contributed by atoms with van der Waals surface area (Å²) in [6.45, 7) is 5.76. The molecule has 1 atom stereocenters. The standard InChI is InChI=1S/C15H25N5O/c1-18-9-11-20(12-10-18)15(13-21,14-5-6-16-17-14)19-7-3-2-4-8-19/h5-6,13H,2-4,7-12H2,1H3,(H,16,17). The number of hydrogen-bond acceptors (Lipinski definition) is 5. The molecular weight excluding hydrogens is 266 g/mol. The number of piperidine rings is 1. The van der Waals surface area contributed by atoms with Crippen molar-refractivity contribution in [1.29, 1.82) is 0 Å². The monoisotopic (exact) mass is 291 g/mol. The van der Waals surface area contributed by atoms with E-state index in [9.17, 15) is 4.79 Å². The van der Waals surface area contributed by atoms with Crippen LogP contribution in [0.5, 0.6) is 0 Å². The molecule has 0 spiro atoms. The van der Waals surface area contributed by atoms with Crippen LogP contribution in [0.1, 0.15) is 25.0 Å². The lowest BCUT2D eigenvalue weighted by Gasteiger charge is -2.50. The molecule has 0 saturated carbocycles. The third-order valence-corrected chi connectivity index (χ3v) is 4.89. The van der Waals surface area contributed by atoms with Crippen molar-refractivity contribution in [3.05, 3.63) is 18.0 Å². The lowest BCUT2D eigenvalue weighted by molar-refractivity contribution is -0.141. The number of aromatic nitrogens is 2. The molecule has 2 saturated heterocycles. The summed E-state index contributed by atoms with van der Waals surface area (Å²) in [6, 6.07) is 1.95. The van der Waals surface area contributed by atoms with Crippen LogP contribution >= 0.6 is 0 Å². The Morgan fingerprint density at radius 1 is 1.10 bits per heavy atom. The van der Waals surface area contributed by atoms with Gasteiger partial charge in [0.15, 0.2) is 11.9 Å². The van der Waals surface area contributed by atoms with Crippen LogP contribution in [0.15, 0.2) is 12.3 Å². The van der Waals surface area contributed by atoms with Gasteiger partial charge >= 0.3 is 0 Å². The van der Waals surface area contributed by atoms with Gasteiger partial charge in [0.05, 0.1) is 5.69 Å². The van der Waals surface area contributed by atoms with Crippen LogP contribution in [-0.4, -0.2) is 77.5 Å². The van der Waals surface area contributed by atoms with Crippen molar-refractivity contribution < 1.29 is 4.79 Å². The molecule has 0 bridgehead atoms. The number of nitrogens with one attached hydrogen (secondary N) is 1. The zero-order valence-electron chi connectivity index (χ0n) is 12.8. The number of nitrogens with zero attached hydrogens (tertiary/aromatic N) is 4. The first-order valence-electron chi connectivity index (χ1n) is 7.92. The molecule has 3 heterocycles. The molecule has 1 unspecified atom stereocenters. The van der Waals surface area contributed by atoms with E-state index in [1.165, 1.54) is 6.42 Å². The van der Waals surface area contributed by atoms with Gasteiger partial charge in [-0.3, -0.25) is 19.7 Å². The van der Waals surface area contributed by atoms with Gasteiger partial charge in [-0.2, -0.15) is 5.10 Å². The Bertz CT molecular complexity index is 449. The first kappa shape index (κ1) is 14.7. The molecule has 2 fully saturated rings. The van der Waals surface area contributed by atoms with Gasteiger partial charge in [-0.25, -0.2) is 0 Å². The fraction of sp³-hybridized carbons (Fsp3) is 0.733. The molecule has 0 aromatic carbocycles. The van der Waals surface area contributed by atoms with E-state index in [0.717, 1.165) is 64.1 Å². The molecule has 2 aliphatic heterocycles. The SMILES string of the molecule is CN1CCN(C(C=O)(c2ccn[nH]2)N2CCCCC2)CC1. The van der Waals surface area contributed by atoms with Crippen molar-refractivity contribution in [3.63, 3.8) is 0 Å². The van der Waals surface area contributed by atoms with Gasteiger partial charge in [-0.15, -0.1) is 0 Å². The highest BCUT2D eigenvalue weighted by atomic mass is 16.1. The molecular formula is C15H25N5O. The molecule has 116 valence electrons. The number of rotatable bonds is 4. The summed E-state index contributed by atoms with van der Waals surface area (Å²) in [4.78, 5) is 19.2. The summed E-state index contributed by atoms with van der Waals surface area (Å²) in [5, 5.41) is 7.15. The molecule has 1 aromatic rings. The predicted molar refractivity (Wildman–Crippen MR) is 80.8 cm³/mol. The van der Waals surface area contributed by atoms with Gasteiger partial charge in [0.25, 0.3) is 0 Å². The van der Waals surface area contributed by atoms with Gasteiger partial charge in [-0.1, -0.05) is 6.42 Å². The Balaban J connectivity index is 1.94. The minimum Gasteiger partial charge on any atom is -0.304 e. The van der Waals surface area contributed by atoms with E-state index < -0.39 is 5.66 Å². The van der Waals surface area contributed by atoms with Gasteiger partial charge < -0.3 is 4.90 Å². The van der Waals surface area contributed by atoms with Crippen molar-refractivity contribution >= 4 is 6.29 Å². The number of carbonyl (C=O) groups is 1. The topological polar surface area (TPSA) is 55.5 Å². The van der Waals surface area contributed by atoms with Gasteiger partial charge in [0, 0.05) is 45.5 Å². The summed E-state index contributed by atoms with van der Waals surface area (Å²) in [5.41, 5.74) is 0.238. The fourth-order valence-corrected chi connectivity index (χ4v) is 3.60. The van der Waals surface area contributed by atoms with Crippen molar-refractivity contribution in [2.45, 2.75) is 24.9 Å². The fourth-order valence-electron chi connectivity index (χ4n) is 3.60. The zero-order valence-corrected chi connectivity index (χ0v) is 12.8. The summed E-state index contributed by atoms with van der Waals surface area (Å²) < 4.78 is 0. The smallest absolute Gasteiger partial charge is 0.174 e. The third kappa shape index (κ3) is 2.63. The van der Waals surface area contributed by atoms with Crippen LogP contribution in [-0.2, 0) is 10.5 Å². The minimum absolute atomic E-state index is 0.668. The Labute approximate surface area is 126 Å². The maximum atomic E-state index is 12.3. The average molecular weight is 291 g/mol. The lowest BCUT2D eigenvalue weighted by atomic mass is 9.98. The second-order valence-electron chi connectivity index (χ2n) is 6.15. The number of hydrogen-bond donors (Lipinski definition) is 1.